The van der Waals surface area contributed by atoms with E-state index in [2.05, 4.69) is 46.6 Å². The molecular formula is C14H21N3O. The molecule has 1 aromatic carbocycles. The van der Waals surface area contributed by atoms with E-state index in [0.717, 1.165) is 25.2 Å². The first-order chi connectivity index (χ1) is 8.69. The van der Waals surface area contributed by atoms with E-state index in [1.54, 1.807) is 7.11 Å². The third kappa shape index (κ3) is 2.48. The maximum Gasteiger partial charge on any atom is 0.106 e. The summed E-state index contributed by atoms with van der Waals surface area (Å²) in [4.78, 5) is 7.31. The van der Waals surface area contributed by atoms with Crippen LogP contribution in [0.2, 0.25) is 0 Å². The molecule has 2 rings (SSSR count). The predicted molar refractivity (Wildman–Crippen MR) is 75.2 cm³/mol. The molecule has 1 saturated heterocycles. The molecule has 1 aliphatic heterocycles. The van der Waals surface area contributed by atoms with Gasteiger partial charge in [-0.15, -0.1) is 0 Å². The Kier molecular flexibility index (Phi) is 3.87. The van der Waals surface area contributed by atoms with E-state index in [1.807, 2.05) is 13.1 Å². The average Bonchev–Trinajstić information content (AvgIpc) is 2.42. The van der Waals surface area contributed by atoms with Crippen LogP contribution in [0.5, 0.6) is 0 Å². The van der Waals surface area contributed by atoms with Gasteiger partial charge in [0.2, 0.25) is 0 Å². The monoisotopic (exact) mass is 247 g/mol. The molecule has 98 valence electrons. The normalized spacial score (nSPS) is 26.4. The van der Waals surface area contributed by atoms with Gasteiger partial charge >= 0.3 is 0 Å². The zero-order chi connectivity index (χ0) is 13.0. The van der Waals surface area contributed by atoms with Crippen molar-refractivity contribution in [1.29, 1.82) is 0 Å². The van der Waals surface area contributed by atoms with Crippen molar-refractivity contribution in [2.24, 2.45) is 5.16 Å². The van der Waals surface area contributed by atoms with Gasteiger partial charge < -0.3 is 15.1 Å². The average molecular weight is 247 g/mol. The third-order valence-electron chi connectivity index (χ3n) is 3.73. The number of anilines is 1. The Morgan fingerprint density at radius 3 is 2.67 bits per heavy atom. The van der Waals surface area contributed by atoms with Crippen LogP contribution < -0.4 is 10.2 Å². The minimum atomic E-state index is -0.0682. The Labute approximate surface area is 109 Å². The van der Waals surface area contributed by atoms with Crippen LogP contribution in [0.15, 0.2) is 35.5 Å². The molecule has 4 heteroatoms. The van der Waals surface area contributed by atoms with Crippen LogP contribution in [0.25, 0.3) is 0 Å². The number of piperidine rings is 1. The van der Waals surface area contributed by atoms with Gasteiger partial charge in [0, 0.05) is 12.2 Å². The van der Waals surface area contributed by atoms with Crippen molar-refractivity contribution in [2.45, 2.75) is 18.9 Å². The summed E-state index contributed by atoms with van der Waals surface area (Å²) in [6.07, 6.45) is 1.01. The van der Waals surface area contributed by atoms with Crippen molar-refractivity contribution < 1.29 is 4.84 Å². The van der Waals surface area contributed by atoms with Gasteiger partial charge in [-0.25, -0.2) is 0 Å². The lowest BCUT2D eigenvalue weighted by Crippen LogP contribution is -2.57. The first-order valence-corrected chi connectivity index (χ1v) is 6.29. The fourth-order valence-electron chi connectivity index (χ4n) is 2.31. The first kappa shape index (κ1) is 12.9. The molecule has 0 spiro atoms. The molecule has 1 fully saturated rings. The van der Waals surface area contributed by atoms with E-state index in [1.165, 1.54) is 5.69 Å². The van der Waals surface area contributed by atoms with E-state index in [9.17, 15) is 0 Å². The summed E-state index contributed by atoms with van der Waals surface area (Å²) >= 11 is 0. The minimum Gasteiger partial charge on any atom is -0.399 e. The highest BCUT2D eigenvalue weighted by Gasteiger charge is 2.35. The highest BCUT2D eigenvalue weighted by atomic mass is 16.6. The van der Waals surface area contributed by atoms with Crippen molar-refractivity contribution in [3.05, 3.63) is 30.3 Å². The molecule has 1 atom stereocenters. The summed E-state index contributed by atoms with van der Waals surface area (Å²) in [6, 6.07) is 10.4. The van der Waals surface area contributed by atoms with Crippen LogP contribution in [0.1, 0.15) is 13.3 Å². The van der Waals surface area contributed by atoms with Crippen LogP contribution in [0.3, 0.4) is 0 Å². The first-order valence-electron chi connectivity index (χ1n) is 6.29. The smallest absolute Gasteiger partial charge is 0.106 e. The van der Waals surface area contributed by atoms with E-state index >= 15 is 0 Å². The van der Waals surface area contributed by atoms with Crippen molar-refractivity contribution in [1.82, 2.24) is 5.32 Å². The van der Waals surface area contributed by atoms with Gasteiger partial charge in [-0.3, -0.25) is 0 Å². The molecule has 1 heterocycles. The number of nitrogens with zero attached hydrogens (tertiary/aromatic N) is 2. The topological polar surface area (TPSA) is 36.9 Å². The Bertz CT molecular complexity index is 418. The molecule has 0 amide bonds. The number of nitrogens with one attached hydrogen (secondary N) is 1. The Balaban J connectivity index is 2.19. The second-order valence-corrected chi connectivity index (χ2v) is 4.81. The van der Waals surface area contributed by atoms with E-state index in [0.29, 0.717) is 0 Å². The molecule has 1 unspecified atom stereocenters. The van der Waals surface area contributed by atoms with Gasteiger partial charge in [0.05, 0.1) is 17.8 Å². The van der Waals surface area contributed by atoms with Crippen molar-refractivity contribution >= 4 is 11.4 Å². The van der Waals surface area contributed by atoms with Gasteiger partial charge in [-0.05, 0) is 32.5 Å². The zero-order valence-corrected chi connectivity index (χ0v) is 11.3. The maximum atomic E-state index is 4.98. The molecule has 0 aliphatic carbocycles. The van der Waals surface area contributed by atoms with E-state index in [-0.39, 0.29) is 5.54 Å². The summed E-state index contributed by atoms with van der Waals surface area (Å²) in [6.45, 7) is 3.99. The lowest BCUT2D eigenvalue weighted by Gasteiger charge is -2.40. The van der Waals surface area contributed by atoms with Crippen LogP contribution in [-0.2, 0) is 4.84 Å². The molecule has 1 aliphatic rings. The Morgan fingerprint density at radius 1 is 1.33 bits per heavy atom. The fraction of sp³-hybridized carbons (Fsp3) is 0.500. The second-order valence-electron chi connectivity index (χ2n) is 4.81. The van der Waals surface area contributed by atoms with Gasteiger partial charge in [0.15, 0.2) is 0 Å². The summed E-state index contributed by atoms with van der Waals surface area (Å²) in [5.74, 6) is 0. The van der Waals surface area contributed by atoms with E-state index in [4.69, 9.17) is 4.84 Å². The molecule has 1 aromatic rings. The maximum absolute atomic E-state index is 4.98. The SMILES string of the molecule is CNC1(C)CCN(c2ccccc2)CC1=NOC. The van der Waals surface area contributed by atoms with Crippen LogP contribution >= 0.6 is 0 Å². The number of hydrogen-bond donors (Lipinski definition) is 1. The summed E-state index contributed by atoms with van der Waals surface area (Å²) in [5, 5.41) is 7.55. The molecule has 0 radical (unpaired) electrons. The minimum absolute atomic E-state index is 0.0682. The molecule has 0 bridgehead atoms. The Hall–Kier alpha value is -1.55. The van der Waals surface area contributed by atoms with Gasteiger partial charge in [0.25, 0.3) is 0 Å². The summed E-state index contributed by atoms with van der Waals surface area (Å²) in [5.41, 5.74) is 2.21. The molecule has 0 saturated carbocycles. The van der Waals surface area contributed by atoms with Gasteiger partial charge in [-0.2, -0.15) is 0 Å². The van der Waals surface area contributed by atoms with E-state index < -0.39 is 0 Å². The molecule has 1 N–H and O–H groups in total. The van der Waals surface area contributed by atoms with Crippen LogP contribution in [0.4, 0.5) is 5.69 Å². The van der Waals surface area contributed by atoms with Crippen LogP contribution in [0, 0.1) is 0 Å². The fourth-order valence-corrected chi connectivity index (χ4v) is 2.31. The lowest BCUT2D eigenvalue weighted by molar-refractivity contribution is 0.207. The zero-order valence-electron chi connectivity index (χ0n) is 11.3. The number of benzene rings is 1. The quantitative estimate of drug-likeness (QED) is 0.829. The molecular weight excluding hydrogens is 226 g/mol. The summed E-state index contributed by atoms with van der Waals surface area (Å²) < 4.78 is 0. The lowest BCUT2D eigenvalue weighted by atomic mass is 9.87. The number of rotatable bonds is 3. The molecule has 18 heavy (non-hydrogen) atoms. The van der Waals surface area contributed by atoms with Gasteiger partial charge in [0.1, 0.15) is 7.11 Å². The van der Waals surface area contributed by atoms with Gasteiger partial charge in [-0.1, -0.05) is 23.4 Å². The number of hydrogen-bond acceptors (Lipinski definition) is 4. The van der Waals surface area contributed by atoms with Crippen molar-refractivity contribution in [3.63, 3.8) is 0 Å². The van der Waals surface area contributed by atoms with Crippen LogP contribution in [-0.4, -0.2) is 38.5 Å². The van der Waals surface area contributed by atoms with Crippen molar-refractivity contribution in [2.75, 3.05) is 32.1 Å². The molecule has 4 nitrogen and oxygen atoms in total. The third-order valence-corrected chi connectivity index (χ3v) is 3.73. The van der Waals surface area contributed by atoms with Crippen molar-refractivity contribution in [3.8, 4) is 0 Å². The highest BCUT2D eigenvalue weighted by molar-refractivity contribution is 5.97. The predicted octanol–water partition coefficient (Wildman–Crippen LogP) is 1.88. The number of oxime groups is 1. The second kappa shape index (κ2) is 5.40. The largest absolute Gasteiger partial charge is 0.399 e. The molecule has 0 aromatic heterocycles. The highest BCUT2D eigenvalue weighted by Crippen LogP contribution is 2.24. The standard InChI is InChI=1S/C14H21N3O/c1-14(15-2)9-10-17(11-13(14)16-18-3)12-7-5-4-6-8-12/h4-8,15H,9-11H2,1-3H3. The Morgan fingerprint density at radius 2 is 2.06 bits per heavy atom. The number of para-hydroxylation sites is 1. The summed E-state index contributed by atoms with van der Waals surface area (Å²) in [7, 11) is 3.58.